The van der Waals surface area contributed by atoms with Gasteiger partial charge < -0.3 is 11.1 Å². The number of amides is 1. The molecule has 0 saturated carbocycles. The van der Waals surface area contributed by atoms with Crippen molar-refractivity contribution in [1.82, 2.24) is 5.32 Å². The molecule has 0 aliphatic heterocycles. The van der Waals surface area contributed by atoms with Crippen LogP contribution in [0.3, 0.4) is 0 Å². The van der Waals surface area contributed by atoms with Gasteiger partial charge in [-0.2, -0.15) is 13.2 Å². The maximum atomic E-state index is 12.4. The fourth-order valence-corrected chi connectivity index (χ4v) is 1.61. The summed E-state index contributed by atoms with van der Waals surface area (Å²) in [6.07, 6.45) is -4.37. The number of carbonyl (C=O) groups excluding carboxylic acids is 1. The number of hydrogen-bond acceptors (Lipinski definition) is 2. The molecule has 0 atom stereocenters. The molecule has 1 rings (SSSR count). The first-order valence-corrected chi connectivity index (χ1v) is 5.85. The highest BCUT2D eigenvalue weighted by Crippen LogP contribution is 2.31. The number of rotatable bonds is 4. The summed E-state index contributed by atoms with van der Waals surface area (Å²) in [6, 6.07) is 4.61. The van der Waals surface area contributed by atoms with E-state index in [-0.39, 0.29) is 5.91 Å². The van der Waals surface area contributed by atoms with Crippen molar-refractivity contribution in [2.45, 2.75) is 25.4 Å². The molecule has 0 aliphatic carbocycles. The van der Waals surface area contributed by atoms with Gasteiger partial charge in [0.05, 0.1) is 11.0 Å². The van der Waals surface area contributed by atoms with Crippen molar-refractivity contribution in [3.05, 3.63) is 35.4 Å². The number of hydrogen-bond donors (Lipinski definition) is 2. The standard InChI is InChI=1S/C13H17F3N2O/c1-12(2,11(19)18-8-7-17)9-3-5-10(6-4-9)13(14,15)16/h3-6H,7-8,17H2,1-2H3,(H,18,19). The lowest BCUT2D eigenvalue weighted by molar-refractivity contribution is -0.137. The minimum Gasteiger partial charge on any atom is -0.354 e. The molecular weight excluding hydrogens is 257 g/mol. The van der Waals surface area contributed by atoms with Gasteiger partial charge in [0.15, 0.2) is 0 Å². The van der Waals surface area contributed by atoms with Gasteiger partial charge in [0.25, 0.3) is 0 Å². The third kappa shape index (κ3) is 3.70. The van der Waals surface area contributed by atoms with Crippen LogP contribution in [0, 0.1) is 0 Å². The van der Waals surface area contributed by atoms with Gasteiger partial charge in [-0.05, 0) is 31.5 Å². The number of carbonyl (C=O) groups is 1. The SMILES string of the molecule is CC(C)(C(=O)NCCN)c1ccc(C(F)(F)F)cc1. The van der Waals surface area contributed by atoms with E-state index in [9.17, 15) is 18.0 Å². The van der Waals surface area contributed by atoms with Crippen LogP contribution in [0.1, 0.15) is 25.0 Å². The molecule has 0 saturated heterocycles. The maximum absolute atomic E-state index is 12.4. The predicted molar refractivity (Wildman–Crippen MR) is 66.5 cm³/mol. The molecule has 19 heavy (non-hydrogen) atoms. The number of benzene rings is 1. The van der Waals surface area contributed by atoms with E-state index in [0.29, 0.717) is 18.7 Å². The second-order valence-corrected chi connectivity index (χ2v) is 4.74. The minimum atomic E-state index is -4.37. The Labute approximate surface area is 110 Å². The Morgan fingerprint density at radius 2 is 1.63 bits per heavy atom. The Morgan fingerprint density at radius 3 is 2.05 bits per heavy atom. The van der Waals surface area contributed by atoms with Crippen molar-refractivity contribution in [3.63, 3.8) is 0 Å². The van der Waals surface area contributed by atoms with Crippen LogP contribution < -0.4 is 11.1 Å². The number of alkyl halides is 3. The molecule has 1 aromatic carbocycles. The second kappa shape index (κ2) is 5.61. The van der Waals surface area contributed by atoms with Gasteiger partial charge in [-0.3, -0.25) is 4.79 Å². The average molecular weight is 274 g/mol. The molecule has 1 aromatic rings. The highest BCUT2D eigenvalue weighted by atomic mass is 19.4. The fraction of sp³-hybridized carbons (Fsp3) is 0.462. The zero-order chi connectivity index (χ0) is 14.7. The van der Waals surface area contributed by atoms with Gasteiger partial charge in [-0.1, -0.05) is 12.1 Å². The van der Waals surface area contributed by atoms with Gasteiger partial charge in [-0.15, -0.1) is 0 Å². The Bertz CT molecular complexity index is 438. The molecule has 0 bridgehead atoms. The van der Waals surface area contributed by atoms with E-state index in [1.807, 2.05) is 0 Å². The monoisotopic (exact) mass is 274 g/mol. The topological polar surface area (TPSA) is 55.1 Å². The molecule has 3 N–H and O–H groups in total. The van der Waals surface area contributed by atoms with E-state index in [4.69, 9.17) is 5.73 Å². The highest BCUT2D eigenvalue weighted by molar-refractivity contribution is 5.87. The largest absolute Gasteiger partial charge is 0.416 e. The van der Waals surface area contributed by atoms with Crippen LogP contribution >= 0.6 is 0 Å². The van der Waals surface area contributed by atoms with Gasteiger partial charge in [0.1, 0.15) is 0 Å². The Kier molecular flexibility index (Phi) is 4.57. The van der Waals surface area contributed by atoms with E-state index < -0.39 is 17.2 Å². The first-order valence-electron chi connectivity index (χ1n) is 5.85. The van der Waals surface area contributed by atoms with Crippen LogP contribution in [-0.4, -0.2) is 19.0 Å². The quantitative estimate of drug-likeness (QED) is 0.883. The molecule has 0 fully saturated rings. The van der Waals surface area contributed by atoms with E-state index in [1.165, 1.54) is 12.1 Å². The van der Waals surface area contributed by atoms with E-state index >= 15 is 0 Å². The van der Waals surface area contributed by atoms with Crippen LogP contribution in [0.4, 0.5) is 13.2 Å². The molecule has 106 valence electrons. The number of nitrogens with one attached hydrogen (secondary N) is 1. The zero-order valence-electron chi connectivity index (χ0n) is 10.8. The van der Waals surface area contributed by atoms with Crippen molar-refractivity contribution in [3.8, 4) is 0 Å². The molecule has 3 nitrogen and oxygen atoms in total. The van der Waals surface area contributed by atoms with Crippen LogP contribution in [0.5, 0.6) is 0 Å². The van der Waals surface area contributed by atoms with Crippen molar-refractivity contribution in [1.29, 1.82) is 0 Å². The van der Waals surface area contributed by atoms with E-state index in [1.54, 1.807) is 13.8 Å². The molecule has 0 spiro atoms. The summed E-state index contributed by atoms with van der Waals surface area (Å²) in [5.74, 6) is -0.266. The first-order chi connectivity index (χ1) is 8.69. The summed E-state index contributed by atoms with van der Waals surface area (Å²) in [5, 5.41) is 2.63. The third-order valence-corrected chi connectivity index (χ3v) is 2.93. The predicted octanol–water partition coefficient (Wildman–Crippen LogP) is 2.06. The van der Waals surface area contributed by atoms with Crippen LogP contribution in [0.2, 0.25) is 0 Å². The average Bonchev–Trinajstić information content (AvgIpc) is 2.35. The molecule has 0 unspecified atom stereocenters. The van der Waals surface area contributed by atoms with Crippen molar-refractivity contribution >= 4 is 5.91 Å². The lowest BCUT2D eigenvalue weighted by Gasteiger charge is -2.24. The number of nitrogens with two attached hydrogens (primary N) is 1. The van der Waals surface area contributed by atoms with Crippen molar-refractivity contribution in [2.24, 2.45) is 5.73 Å². The number of halogens is 3. The smallest absolute Gasteiger partial charge is 0.354 e. The lowest BCUT2D eigenvalue weighted by atomic mass is 9.83. The molecule has 0 heterocycles. The molecule has 0 radical (unpaired) electrons. The Morgan fingerprint density at radius 1 is 1.16 bits per heavy atom. The summed E-state index contributed by atoms with van der Waals surface area (Å²) in [7, 11) is 0. The van der Waals surface area contributed by atoms with Gasteiger partial charge in [-0.25, -0.2) is 0 Å². The van der Waals surface area contributed by atoms with E-state index in [0.717, 1.165) is 12.1 Å². The normalized spacial score (nSPS) is 12.3. The van der Waals surface area contributed by atoms with Gasteiger partial charge in [0, 0.05) is 13.1 Å². The Hall–Kier alpha value is -1.56. The molecule has 6 heteroatoms. The summed E-state index contributed by atoms with van der Waals surface area (Å²) in [4.78, 5) is 11.9. The molecule has 0 aliphatic rings. The fourth-order valence-electron chi connectivity index (χ4n) is 1.61. The Balaban J connectivity index is 2.93. The van der Waals surface area contributed by atoms with Gasteiger partial charge >= 0.3 is 6.18 Å². The summed E-state index contributed by atoms with van der Waals surface area (Å²) >= 11 is 0. The highest BCUT2D eigenvalue weighted by Gasteiger charge is 2.33. The molecule has 0 aromatic heterocycles. The minimum absolute atomic E-state index is 0.266. The first kappa shape index (κ1) is 15.5. The summed E-state index contributed by atoms with van der Waals surface area (Å²) in [5.41, 5.74) is 4.18. The maximum Gasteiger partial charge on any atom is 0.416 e. The van der Waals surface area contributed by atoms with E-state index in [2.05, 4.69) is 5.32 Å². The van der Waals surface area contributed by atoms with Crippen LogP contribution in [-0.2, 0) is 16.4 Å². The summed E-state index contributed by atoms with van der Waals surface area (Å²) in [6.45, 7) is 3.96. The lowest BCUT2D eigenvalue weighted by Crippen LogP contribution is -2.42. The van der Waals surface area contributed by atoms with Crippen molar-refractivity contribution in [2.75, 3.05) is 13.1 Å². The van der Waals surface area contributed by atoms with Crippen LogP contribution in [0.15, 0.2) is 24.3 Å². The van der Waals surface area contributed by atoms with Crippen LogP contribution in [0.25, 0.3) is 0 Å². The zero-order valence-corrected chi connectivity index (χ0v) is 10.8. The second-order valence-electron chi connectivity index (χ2n) is 4.74. The third-order valence-electron chi connectivity index (χ3n) is 2.93. The molecular formula is C13H17F3N2O. The van der Waals surface area contributed by atoms with Gasteiger partial charge in [0.2, 0.25) is 5.91 Å². The summed E-state index contributed by atoms with van der Waals surface area (Å²) < 4.78 is 37.3. The van der Waals surface area contributed by atoms with Crippen molar-refractivity contribution < 1.29 is 18.0 Å². The molecule has 1 amide bonds.